The van der Waals surface area contributed by atoms with E-state index < -0.39 is 5.97 Å². The summed E-state index contributed by atoms with van der Waals surface area (Å²) in [6.45, 7) is 4.03. The average Bonchev–Trinajstić information content (AvgIpc) is 2.92. The van der Waals surface area contributed by atoms with Gasteiger partial charge in [-0.15, -0.1) is 0 Å². The highest BCUT2D eigenvalue weighted by Gasteiger charge is 2.16. The average molecular weight is 527 g/mol. The number of carbonyl (C=O) groups excluding carboxylic acids is 1. The topological polar surface area (TPSA) is 110 Å². The summed E-state index contributed by atoms with van der Waals surface area (Å²) in [5.41, 5.74) is 5.87. The van der Waals surface area contributed by atoms with Crippen LogP contribution >= 0.6 is 11.6 Å². The third kappa shape index (κ3) is 5.66. The van der Waals surface area contributed by atoms with Gasteiger partial charge in [0.05, 0.1) is 21.7 Å². The van der Waals surface area contributed by atoms with Crippen LogP contribution in [-0.2, 0) is 13.2 Å². The first-order chi connectivity index (χ1) is 18.3. The Bertz CT molecular complexity index is 1580. The van der Waals surface area contributed by atoms with E-state index in [1.807, 2.05) is 37.3 Å². The minimum atomic E-state index is -0.970. The van der Waals surface area contributed by atoms with Gasteiger partial charge in [0.2, 0.25) is 0 Å². The molecule has 0 aliphatic carbocycles. The molecule has 1 heterocycles. The molecule has 4 aromatic rings. The summed E-state index contributed by atoms with van der Waals surface area (Å²) in [6.07, 6.45) is 3.68. The van der Waals surface area contributed by atoms with E-state index in [0.717, 1.165) is 22.3 Å². The zero-order chi connectivity index (χ0) is 27.2. The molecule has 190 valence electrons. The van der Waals surface area contributed by atoms with Gasteiger partial charge in [0, 0.05) is 24.0 Å². The summed E-state index contributed by atoms with van der Waals surface area (Å²) in [5.74, 6) is -0.347. The summed E-state index contributed by atoms with van der Waals surface area (Å²) in [5, 5.41) is 18.8. The van der Waals surface area contributed by atoms with Gasteiger partial charge in [0.15, 0.2) is 6.29 Å². The van der Waals surface area contributed by atoms with Crippen molar-refractivity contribution in [3.8, 4) is 28.7 Å². The van der Waals surface area contributed by atoms with Gasteiger partial charge in [-0.1, -0.05) is 41.9 Å². The third-order valence-corrected chi connectivity index (χ3v) is 6.49. The number of pyridine rings is 1. The molecule has 0 amide bonds. The number of aldehydes is 1. The van der Waals surface area contributed by atoms with Crippen LogP contribution in [0.4, 0.5) is 0 Å². The number of halogens is 1. The molecular formula is C30H23ClN2O5. The number of benzene rings is 3. The number of carboxylic acids is 1. The first-order valence-corrected chi connectivity index (χ1v) is 12.0. The Kier molecular flexibility index (Phi) is 8.05. The standard InChI is InChI=1S/C30H23ClN2O5/c1-18-22(5-3-6-24(18)25-7-4-8-26(19(25)2)30(35)36)17-38-29-11-28(23(15-34)10-27(29)31)37-16-21-9-20(12-32)13-33-14-21/h3-11,13-15H,16-17H2,1-2H3,(H,35,36). The second-order valence-corrected chi connectivity index (χ2v) is 8.99. The van der Waals surface area contributed by atoms with Crippen LogP contribution in [0.3, 0.4) is 0 Å². The van der Waals surface area contributed by atoms with Crippen LogP contribution in [0.25, 0.3) is 11.1 Å². The van der Waals surface area contributed by atoms with Crippen LogP contribution in [0.5, 0.6) is 11.5 Å². The van der Waals surface area contributed by atoms with Crippen LogP contribution in [0.15, 0.2) is 67.0 Å². The van der Waals surface area contributed by atoms with E-state index in [0.29, 0.717) is 28.7 Å². The number of carbonyl (C=O) groups is 2. The van der Waals surface area contributed by atoms with Gasteiger partial charge in [-0.25, -0.2) is 4.79 Å². The normalized spacial score (nSPS) is 10.5. The number of ether oxygens (including phenoxy) is 2. The molecule has 0 bridgehead atoms. The van der Waals surface area contributed by atoms with Gasteiger partial charge in [0.1, 0.15) is 30.8 Å². The van der Waals surface area contributed by atoms with E-state index in [-0.39, 0.29) is 35.1 Å². The number of nitriles is 1. The van der Waals surface area contributed by atoms with Crippen molar-refractivity contribution in [2.75, 3.05) is 0 Å². The van der Waals surface area contributed by atoms with Crippen molar-refractivity contribution in [3.05, 3.63) is 111 Å². The molecule has 0 fully saturated rings. The SMILES string of the molecule is Cc1c(COc2cc(OCc3cncc(C#N)c3)c(C=O)cc2Cl)cccc1-c1cccc(C(=O)O)c1C. The Morgan fingerprint density at radius 1 is 1.00 bits per heavy atom. The number of carboxylic acid groups (broad SMARTS) is 1. The molecule has 8 heteroatoms. The molecule has 0 aliphatic rings. The van der Waals surface area contributed by atoms with Crippen molar-refractivity contribution in [2.24, 2.45) is 0 Å². The largest absolute Gasteiger partial charge is 0.488 e. The summed E-state index contributed by atoms with van der Waals surface area (Å²) < 4.78 is 11.9. The van der Waals surface area contributed by atoms with Gasteiger partial charge in [-0.05, 0) is 59.9 Å². The van der Waals surface area contributed by atoms with Crippen molar-refractivity contribution in [1.82, 2.24) is 4.98 Å². The molecule has 7 nitrogen and oxygen atoms in total. The maximum atomic E-state index is 11.6. The van der Waals surface area contributed by atoms with Gasteiger partial charge < -0.3 is 14.6 Å². The second kappa shape index (κ2) is 11.6. The third-order valence-electron chi connectivity index (χ3n) is 6.19. The Balaban J connectivity index is 1.57. The molecular weight excluding hydrogens is 504 g/mol. The number of nitrogens with zero attached hydrogens (tertiary/aromatic N) is 2. The maximum absolute atomic E-state index is 11.6. The number of hydrogen-bond acceptors (Lipinski definition) is 6. The van der Waals surface area contributed by atoms with E-state index >= 15 is 0 Å². The maximum Gasteiger partial charge on any atom is 0.335 e. The number of aromatic nitrogens is 1. The first kappa shape index (κ1) is 26.4. The molecule has 3 aromatic carbocycles. The fourth-order valence-electron chi connectivity index (χ4n) is 4.11. The molecule has 0 aliphatic heterocycles. The molecule has 38 heavy (non-hydrogen) atoms. The lowest BCUT2D eigenvalue weighted by molar-refractivity contribution is 0.0696. The number of rotatable bonds is 9. The molecule has 0 radical (unpaired) electrons. The van der Waals surface area contributed by atoms with Gasteiger partial charge in [-0.3, -0.25) is 9.78 Å². The minimum Gasteiger partial charge on any atom is -0.488 e. The summed E-state index contributed by atoms with van der Waals surface area (Å²) in [4.78, 5) is 27.2. The summed E-state index contributed by atoms with van der Waals surface area (Å²) >= 11 is 6.40. The van der Waals surface area contributed by atoms with Crippen LogP contribution in [0.2, 0.25) is 5.02 Å². The molecule has 0 saturated heterocycles. The van der Waals surface area contributed by atoms with Crippen LogP contribution < -0.4 is 9.47 Å². The van der Waals surface area contributed by atoms with Crippen LogP contribution in [-0.4, -0.2) is 22.3 Å². The van der Waals surface area contributed by atoms with Crippen LogP contribution in [0.1, 0.15) is 48.5 Å². The fourth-order valence-corrected chi connectivity index (χ4v) is 4.34. The number of aromatic carboxylic acids is 1. The molecule has 0 saturated carbocycles. The molecule has 1 N–H and O–H groups in total. The van der Waals surface area contributed by atoms with Gasteiger partial charge >= 0.3 is 5.97 Å². The predicted molar refractivity (Wildman–Crippen MR) is 143 cm³/mol. The Labute approximate surface area is 224 Å². The van der Waals surface area contributed by atoms with E-state index in [2.05, 4.69) is 4.98 Å². The van der Waals surface area contributed by atoms with Crippen molar-refractivity contribution < 1.29 is 24.2 Å². The Hall–Kier alpha value is -4.67. The van der Waals surface area contributed by atoms with E-state index in [4.69, 9.17) is 26.3 Å². The predicted octanol–water partition coefficient (Wildman–Crippen LogP) is 6.56. The van der Waals surface area contributed by atoms with E-state index in [1.54, 1.807) is 37.4 Å². The van der Waals surface area contributed by atoms with Crippen molar-refractivity contribution >= 4 is 23.9 Å². The van der Waals surface area contributed by atoms with Crippen LogP contribution in [0, 0.1) is 25.2 Å². The highest BCUT2D eigenvalue weighted by atomic mass is 35.5. The lowest BCUT2D eigenvalue weighted by Gasteiger charge is -2.17. The fraction of sp³-hybridized carbons (Fsp3) is 0.133. The molecule has 4 rings (SSSR count). The molecule has 0 atom stereocenters. The lowest BCUT2D eigenvalue weighted by atomic mass is 9.91. The van der Waals surface area contributed by atoms with Crippen molar-refractivity contribution in [2.45, 2.75) is 27.1 Å². The smallest absolute Gasteiger partial charge is 0.335 e. The molecule has 0 spiro atoms. The summed E-state index contributed by atoms with van der Waals surface area (Å²) in [7, 11) is 0. The van der Waals surface area contributed by atoms with Crippen molar-refractivity contribution in [3.63, 3.8) is 0 Å². The zero-order valence-electron chi connectivity index (χ0n) is 20.7. The monoisotopic (exact) mass is 526 g/mol. The highest BCUT2D eigenvalue weighted by Crippen LogP contribution is 2.35. The molecule has 1 aromatic heterocycles. The zero-order valence-corrected chi connectivity index (χ0v) is 21.5. The quantitative estimate of drug-likeness (QED) is 0.246. The Morgan fingerprint density at radius 3 is 2.42 bits per heavy atom. The van der Waals surface area contributed by atoms with E-state index in [9.17, 15) is 14.7 Å². The summed E-state index contributed by atoms with van der Waals surface area (Å²) in [6, 6.07) is 17.7. The minimum absolute atomic E-state index is 0.0976. The number of hydrogen-bond donors (Lipinski definition) is 1. The highest BCUT2D eigenvalue weighted by molar-refractivity contribution is 6.32. The first-order valence-electron chi connectivity index (χ1n) is 11.6. The second-order valence-electron chi connectivity index (χ2n) is 8.58. The lowest BCUT2D eigenvalue weighted by Crippen LogP contribution is -2.04. The van der Waals surface area contributed by atoms with Crippen molar-refractivity contribution in [1.29, 1.82) is 5.26 Å². The van der Waals surface area contributed by atoms with E-state index in [1.165, 1.54) is 12.3 Å². The molecule has 0 unspecified atom stereocenters. The van der Waals surface area contributed by atoms with Gasteiger partial charge in [-0.2, -0.15) is 5.26 Å². The Morgan fingerprint density at radius 2 is 1.71 bits per heavy atom. The van der Waals surface area contributed by atoms with Gasteiger partial charge in [0.25, 0.3) is 0 Å².